The molecule has 0 saturated heterocycles. The predicted molar refractivity (Wildman–Crippen MR) is 48.6 cm³/mol. The van der Waals surface area contributed by atoms with E-state index in [1.807, 2.05) is 0 Å². The van der Waals surface area contributed by atoms with Crippen molar-refractivity contribution in [3.8, 4) is 0 Å². The summed E-state index contributed by atoms with van der Waals surface area (Å²) in [6.07, 6.45) is 0. The molecule has 0 fully saturated rings. The molecule has 0 radical (unpaired) electrons. The third-order valence-corrected chi connectivity index (χ3v) is 2.98. The van der Waals surface area contributed by atoms with Crippen LogP contribution in [0.5, 0.6) is 0 Å². The van der Waals surface area contributed by atoms with E-state index in [1.165, 1.54) is 6.92 Å². The van der Waals surface area contributed by atoms with Gasteiger partial charge in [0.2, 0.25) is 5.91 Å². The van der Waals surface area contributed by atoms with Gasteiger partial charge in [0, 0.05) is 6.92 Å². The molecule has 0 bridgehead atoms. The SMILES string of the molecule is CC(=O)NC(Cl)C(Cl)(Cl)CCl. The third-order valence-electron chi connectivity index (χ3n) is 0.879. The number of nitrogens with one attached hydrogen (secondary N) is 1. The summed E-state index contributed by atoms with van der Waals surface area (Å²) in [7, 11) is 0. The molecule has 0 aliphatic heterocycles. The van der Waals surface area contributed by atoms with Crippen molar-refractivity contribution in [1.82, 2.24) is 5.32 Å². The van der Waals surface area contributed by atoms with Crippen LogP contribution >= 0.6 is 46.4 Å². The minimum Gasteiger partial charge on any atom is -0.337 e. The lowest BCUT2D eigenvalue weighted by molar-refractivity contribution is -0.119. The fourth-order valence-corrected chi connectivity index (χ4v) is 0.925. The second-order valence-corrected chi connectivity index (χ2v) is 4.20. The molecular weight excluding hydrogens is 232 g/mol. The van der Waals surface area contributed by atoms with E-state index in [9.17, 15) is 4.79 Å². The molecular formula is C5H7Cl4NO. The summed E-state index contributed by atoms with van der Waals surface area (Å²) in [5, 5.41) is 2.31. The molecule has 11 heavy (non-hydrogen) atoms. The van der Waals surface area contributed by atoms with Gasteiger partial charge in [-0.05, 0) is 0 Å². The Labute approximate surface area is 85.1 Å². The monoisotopic (exact) mass is 237 g/mol. The second-order valence-electron chi connectivity index (χ2n) is 1.96. The number of carbonyl (C=O) groups excluding carboxylic acids is 1. The average Bonchev–Trinajstić information content (AvgIpc) is 1.86. The molecule has 0 aromatic carbocycles. The number of hydrogen-bond acceptors (Lipinski definition) is 1. The first-order valence-corrected chi connectivity index (χ1v) is 4.48. The Morgan fingerprint density at radius 1 is 1.64 bits per heavy atom. The van der Waals surface area contributed by atoms with Crippen LogP contribution in [0.2, 0.25) is 0 Å². The van der Waals surface area contributed by atoms with E-state index in [2.05, 4.69) is 5.32 Å². The van der Waals surface area contributed by atoms with Crippen LogP contribution < -0.4 is 5.32 Å². The van der Waals surface area contributed by atoms with Crippen molar-refractivity contribution < 1.29 is 4.79 Å². The van der Waals surface area contributed by atoms with Gasteiger partial charge in [-0.1, -0.05) is 34.8 Å². The van der Waals surface area contributed by atoms with Gasteiger partial charge in [-0.3, -0.25) is 4.79 Å². The molecule has 1 atom stereocenters. The molecule has 2 nitrogen and oxygen atoms in total. The maximum atomic E-state index is 10.5. The topological polar surface area (TPSA) is 29.1 Å². The van der Waals surface area contributed by atoms with Gasteiger partial charge < -0.3 is 5.32 Å². The molecule has 0 aromatic rings. The van der Waals surface area contributed by atoms with Crippen molar-refractivity contribution in [2.45, 2.75) is 16.8 Å². The molecule has 0 aliphatic rings. The minimum atomic E-state index is -1.32. The summed E-state index contributed by atoms with van der Waals surface area (Å²) in [5.41, 5.74) is -0.874. The van der Waals surface area contributed by atoms with Gasteiger partial charge in [0.1, 0.15) is 5.50 Å². The quantitative estimate of drug-likeness (QED) is 0.592. The summed E-state index contributed by atoms with van der Waals surface area (Å²) in [4.78, 5) is 10.5. The number of amides is 1. The molecule has 0 aromatic heterocycles. The van der Waals surface area contributed by atoms with E-state index >= 15 is 0 Å². The molecule has 0 saturated carbocycles. The highest BCUT2D eigenvalue weighted by Gasteiger charge is 2.33. The Morgan fingerprint density at radius 3 is 2.36 bits per heavy atom. The highest BCUT2D eigenvalue weighted by atomic mass is 35.5. The highest BCUT2D eigenvalue weighted by molar-refractivity contribution is 6.55. The second kappa shape index (κ2) is 4.61. The van der Waals surface area contributed by atoms with Gasteiger partial charge in [-0.15, -0.1) is 11.6 Å². The molecule has 66 valence electrons. The maximum absolute atomic E-state index is 10.5. The summed E-state index contributed by atoms with van der Waals surface area (Å²) in [6.45, 7) is 1.31. The largest absolute Gasteiger partial charge is 0.337 e. The van der Waals surface area contributed by atoms with Crippen molar-refractivity contribution in [3.05, 3.63) is 0 Å². The number of hydrogen-bond donors (Lipinski definition) is 1. The molecule has 0 rings (SSSR count). The van der Waals surface area contributed by atoms with Gasteiger partial charge in [0.05, 0.1) is 5.88 Å². The summed E-state index contributed by atoms with van der Waals surface area (Å²) in [6, 6.07) is 0. The first kappa shape index (κ1) is 11.6. The van der Waals surface area contributed by atoms with Gasteiger partial charge >= 0.3 is 0 Å². The lowest BCUT2D eigenvalue weighted by Crippen LogP contribution is -2.42. The zero-order chi connectivity index (χ0) is 9.07. The third kappa shape index (κ3) is 4.26. The average molecular weight is 239 g/mol. The molecule has 0 aliphatic carbocycles. The van der Waals surface area contributed by atoms with E-state index in [0.717, 1.165) is 0 Å². The number of alkyl halides is 4. The van der Waals surface area contributed by atoms with Gasteiger partial charge in [-0.25, -0.2) is 0 Å². The fraction of sp³-hybridized carbons (Fsp3) is 0.800. The number of carbonyl (C=O) groups is 1. The van der Waals surface area contributed by atoms with Crippen molar-refractivity contribution in [2.75, 3.05) is 5.88 Å². The summed E-state index contributed by atoms with van der Waals surface area (Å²) in [5.74, 6) is -0.356. The Kier molecular flexibility index (Phi) is 4.87. The number of halogens is 4. The van der Waals surface area contributed by atoms with Crippen molar-refractivity contribution >= 4 is 52.3 Å². The standard InChI is InChI=1S/C5H7Cl4NO/c1-3(11)10-4(7)5(8,9)2-6/h4H,2H2,1H3,(H,10,11). The van der Waals surface area contributed by atoms with Crippen LogP contribution in [0, 0.1) is 0 Å². The van der Waals surface area contributed by atoms with E-state index in [4.69, 9.17) is 46.4 Å². The van der Waals surface area contributed by atoms with E-state index in [0.29, 0.717) is 0 Å². The Bertz CT molecular complexity index is 149. The highest BCUT2D eigenvalue weighted by Crippen LogP contribution is 2.29. The normalized spacial score (nSPS) is 14.3. The first-order valence-electron chi connectivity index (χ1n) is 2.75. The molecule has 6 heteroatoms. The zero-order valence-electron chi connectivity index (χ0n) is 5.70. The Morgan fingerprint density at radius 2 is 2.09 bits per heavy atom. The molecule has 1 unspecified atom stereocenters. The molecule has 1 N–H and O–H groups in total. The van der Waals surface area contributed by atoms with Crippen molar-refractivity contribution in [3.63, 3.8) is 0 Å². The first-order chi connectivity index (χ1) is 4.90. The van der Waals surface area contributed by atoms with Crippen molar-refractivity contribution in [2.24, 2.45) is 0 Å². The molecule has 0 spiro atoms. The van der Waals surface area contributed by atoms with Crippen LogP contribution in [0.3, 0.4) is 0 Å². The van der Waals surface area contributed by atoms with E-state index < -0.39 is 9.83 Å². The van der Waals surface area contributed by atoms with Crippen LogP contribution in [-0.4, -0.2) is 21.6 Å². The van der Waals surface area contributed by atoms with Crippen LogP contribution in [0.1, 0.15) is 6.92 Å². The van der Waals surface area contributed by atoms with Crippen molar-refractivity contribution in [1.29, 1.82) is 0 Å². The number of rotatable bonds is 3. The maximum Gasteiger partial charge on any atom is 0.218 e. The minimum absolute atomic E-state index is 0.0510. The van der Waals surface area contributed by atoms with Gasteiger partial charge in [-0.2, -0.15) is 0 Å². The fourth-order valence-electron chi connectivity index (χ4n) is 0.352. The Hall–Kier alpha value is 0.630. The smallest absolute Gasteiger partial charge is 0.218 e. The lowest BCUT2D eigenvalue weighted by Gasteiger charge is -2.22. The van der Waals surface area contributed by atoms with Crippen LogP contribution in [0.15, 0.2) is 0 Å². The van der Waals surface area contributed by atoms with E-state index in [-0.39, 0.29) is 11.8 Å². The Balaban J connectivity index is 4.01. The summed E-state index contributed by atoms with van der Waals surface area (Å²) < 4.78 is -1.32. The zero-order valence-corrected chi connectivity index (χ0v) is 8.73. The van der Waals surface area contributed by atoms with E-state index in [1.54, 1.807) is 0 Å². The summed E-state index contributed by atoms with van der Waals surface area (Å²) >= 11 is 22.2. The van der Waals surface area contributed by atoms with Crippen LogP contribution in [-0.2, 0) is 4.79 Å². The van der Waals surface area contributed by atoms with Crippen LogP contribution in [0.25, 0.3) is 0 Å². The van der Waals surface area contributed by atoms with Crippen LogP contribution in [0.4, 0.5) is 0 Å². The van der Waals surface area contributed by atoms with Gasteiger partial charge in [0.15, 0.2) is 4.33 Å². The molecule has 1 amide bonds. The molecule has 0 heterocycles. The lowest BCUT2D eigenvalue weighted by atomic mass is 10.4. The predicted octanol–water partition coefficient (Wildman–Crippen LogP) is 2.10. The van der Waals surface area contributed by atoms with Gasteiger partial charge in [0.25, 0.3) is 0 Å².